The Balaban J connectivity index is 1.74. The number of rotatable bonds is 4. The van der Waals surface area contributed by atoms with Crippen molar-refractivity contribution in [1.82, 2.24) is 9.80 Å². The smallest absolute Gasteiger partial charge is 0.269 e. The minimum Gasteiger partial charge on any atom is -0.329 e. The minimum atomic E-state index is -0.962. The van der Waals surface area contributed by atoms with Crippen molar-refractivity contribution in [3.8, 4) is 0 Å². The molecule has 4 rings (SSSR count). The van der Waals surface area contributed by atoms with E-state index in [9.17, 15) is 24.5 Å². The lowest BCUT2D eigenvalue weighted by Gasteiger charge is -2.51. The van der Waals surface area contributed by atoms with Crippen LogP contribution in [0.25, 0.3) is 0 Å². The first-order chi connectivity index (χ1) is 13.3. The molecule has 8 heteroatoms. The van der Waals surface area contributed by atoms with Crippen molar-refractivity contribution in [3.05, 3.63) is 75.3 Å². The Morgan fingerprint density at radius 1 is 0.893 bits per heavy atom. The SMILES string of the molecule is CC(C)N1C(=O)[C@H](N2C(=O)c3ccccc3C2=O)[C@H]1c1ccc([N+](=O)[O-])cc1. The molecule has 2 aromatic rings. The van der Waals surface area contributed by atoms with Crippen LogP contribution in [-0.4, -0.2) is 44.5 Å². The van der Waals surface area contributed by atoms with Gasteiger partial charge in [0.25, 0.3) is 17.5 Å². The topological polar surface area (TPSA) is 101 Å². The molecule has 3 amide bonds. The summed E-state index contributed by atoms with van der Waals surface area (Å²) in [6, 6.07) is 10.7. The standard InChI is InChI=1S/C20H17N3O5/c1-11(2)21-16(12-7-9-13(10-8-12)23(27)28)17(20(21)26)22-18(24)14-5-3-4-6-15(14)19(22)25/h3-11,16-17H,1-2H3/t16-,17-/m1/s1. The summed E-state index contributed by atoms with van der Waals surface area (Å²) < 4.78 is 0. The maximum atomic E-state index is 12.9. The van der Waals surface area contributed by atoms with Gasteiger partial charge >= 0.3 is 0 Å². The van der Waals surface area contributed by atoms with E-state index in [0.717, 1.165) is 4.90 Å². The number of nitro benzene ring substituents is 1. The second kappa shape index (κ2) is 6.26. The molecule has 28 heavy (non-hydrogen) atoms. The van der Waals surface area contributed by atoms with Crippen LogP contribution in [0.2, 0.25) is 0 Å². The molecule has 0 aliphatic carbocycles. The highest BCUT2D eigenvalue weighted by molar-refractivity contribution is 6.23. The third kappa shape index (κ3) is 2.41. The molecule has 2 aromatic carbocycles. The van der Waals surface area contributed by atoms with E-state index >= 15 is 0 Å². The molecule has 0 radical (unpaired) electrons. The summed E-state index contributed by atoms with van der Waals surface area (Å²) in [6.07, 6.45) is 0. The first-order valence-electron chi connectivity index (χ1n) is 8.86. The zero-order valence-corrected chi connectivity index (χ0v) is 15.2. The Morgan fingerprint density at radius 3 is 1.89 bits per heavy atom. The molecule has 2 heterocycles. The van der Waals surface area contributed by atoms with E-state index in [0.29, 0.717) is 5.56 Å². The van der Waals surface area contributed by atoms with Gasteiger partial charge in [-0.15, -0.1) is 0 Å². The largest absolute Gasteiger partial charge is 0.329 e. The highest BCUT2D eigenvalue weighted by Crippen LogP contribution is 2.42. The van der Waals surface area contributed by atoms with Gasteiger partial charge in [0.1, 0.15) is 6.04 Å². The number of nitro groups is 1. The molecular weight excluding hydrogens is 362 g/mol. The fraction of sp³-hybridized carbons (Fsp3) is 0.250. The summed E-state index contributed by atoms with van der Waals surface area (Å²) >= 11 is 0. The van der Waals surface area contributed by atoms with Crippen molar-refractivity contribution in [1.29, 1.82) is 0 Å². The number of β-lactam (4-membered cyclic amide) rings is 1. The van der Waals surface area contributed by atoms with E-state index in [2.05, 4.69) is 0 Å². The number of non-ortho nitro benzene ring substituents is 1. The fourth-order valence-corrected chi connectivity index (χ4v) is 3.92. The van der Waals surface area contributed by atoms with E-state index in [4.69, 9.17) is 0 Å². The van der Waals surface area contributed by atoms with Gasteiger partial charge in [0, 0.05) is 18.2 Å². The predicted octanol–water partition coefficient (Wildman–Crippen LogP) is 2.55. The van der Waals surface area contributed by atoms with Crippen molar-refractivity contribution < 1.29 is 19.3 Å². The number of carbonyl (C=O) groups is 3. The molecule has 2 aliphatic heterocycles. The number of carbonyl (C=O) groups excluding carboxylic acids is 3. The van der Waals surface area contributed by atoms with E-state index in [-0.39, 0.29) is 28.8 Å². The third-order valence-corrected chi connectivity index (χ3v) is 5.21. The van der Waals surface area contributed by atoms with Crippen LogP contribution in [0.3, 0.4) is 0 Å². The van der Waals surface area contributed by atoms with E-state index in [1.54, 1.807) is 41.3 Å². The second-order valence-electron chi connectivity index (χ2n) is 7.10. The number of nitrogens with zero attached hydrogens (tertiary/aromatic N) is 3. The van der Waals surface area contributed by atoms with Crippen LogP contribution in [-0.2, 0) is 4.79 Å². The highest BCUT2D eigenvalue weighted by atomic mass is 16.6. The zero-order chi connectivity index (χ0) is 20.2. The Labute approximate surface area is 160 Å². The van der Waals surface area contributed by atoms with Gasteiger partial charge < -0.3 is 4.90 Å². The predicted molar refractivity (Wildman–Crippen MR) is 98.5 cm³/mol. The van der Waals surface area contributed by atoms with Crippen LogP contribution in [0, 0.1) is 10.1 Å². The van der Waals surface area contributed by atoms with Crippen LogP contribution < -0.4 is 0 Å². The lowest BCUT2D eigenvalue weighted by Crippen LogP contribution is -2.68. The number of fused-ring (bicyclic) bond motifs is 1. The Hall–Kier alpha value is -3.55. The average molecular weight is 379 g/mol. The number of likely N-dealkylation sites (tertiary alicyclic amines) is 1. The normalized spacial score (nSPS) is 21.2. The molecule has 0 unspecified atom stereocenters. The quantitative estimate of drug-likeness (QED) is 0.352. The van der Waals surface area contributed by atoms with Gasteiger partial charge in [-0.05, 0) is 31.5 Å². The summed E-state index contributed by atoms with van der Waals surface area (Å²) in [5.74, 6) is -1.30. The number of amides is 3. The molecule has 2 aliphatic rings. The molecule has 0 N–H and O–H groups in total. The second-order valence-corrected chi connectivity index (χ2v) is 7.10. The summed E-state index contributed by atoms with van der Waals surface area (Å²) in [4.78, 5) is 51.6. The number of benzene rings is 2. The van der Waals surface area contributed by atoms with Crippen LogP contribution >= 0.6 is 0 Å². The van der Waals surface area contributed by atoms with E-state index in [1.807, 2.05) is 13.8 Å². The molecule has 1 fully saturated rings. The maximum absolute atomic E-state index is 12.9. The van der Waals surface area contributed by atoms with Gasteiger partial charge in [-0.25, -0.2) is 0 Å². The van der Waals surface area contributed by atoms with Crippen LogP contribution in [0.15, 0.2) is 48.5 Å². The summed E-state index contributed by atoms with van der Waals surface area (Å²) in [6.45, 7) is 3.68. The van der Waals surface area contributed by atoms with Gasteiger partial charge in [-0.2, -0.15) is 0 Å². The van der Waals surface area contributed by atoms with Crippen molar-refractivity contribution in [2.24, 2.45) is 0 Å². The number of hydrogen-bond acceptors (Lipinski definition) is 5. The molecule has 1 saturated heterocycles. The summed E-state index contributed by atoms with van der Waals surface area (Å²) in [5.41, 5.74) is 1.14. The summed E-state index contributed by atoms with van der Waals surface area (Å²) in [7, 11) is 0. The molecular formula is C20H17N3O5. The van der Waals surface area contributed by atoms with Gasteiger partial charge in [-0.3, -0.25) is 29.4 Å². The first kappa shape index (κ1) is 17.8. The van der Waals surface area contributed by atoms with Gasteiger partial charge in [0.15, 0.2) is 0 Å². The maximum Gasteiger partial charge on any atom is 0.269 e. The highest BCUT2D eigenvalue weighted by Gasteiger charge is 2.57. The summed E-state index contributed by atoms with van der Waals surface area (Å²) in [5, 5.41) is 10.9. The van der Waals surface area contributed by atoms with Gasteiger partial charge in [-0.1, -0.05) is 24.3 Å². The van der Waals surface area contributed by atoms with Crippen molar-refractivity contribution in [2.45, 2.75) is 32.0 Å². The molecule has 8 nitrogen and oxygen atoms in total. The Kier molecular flexibility index (Phi) is 3.99. The molecule has 0 spiro atoms. The monoisotopic (exact) mass is 379 g/mol. The number of imide groups is 1. The lowest BCUT2D eigenvalue weighted by molar-refractivity contribution is -0.384. The molecule has 2 atom stereocenters. The van der Waals surface area contributed by atoms with Crippen LogP contribution in [0.4, 0.5) is 5.69 Å². The van der Waals surface area contributed by atoms with Gasteiger partial charge in [0.2, 0.25) is 5.91 Å². The van der Waals surface area contributed by atoms with E-state index in [1.165, 1.54) is 12.1 Å². The third-order valence-electron chi connectivity index (χ3n) is 5.21. The van der Waals surface area contributed by atoms with Crippen molar-refractivity contribution >= 4 is 23.4 Å². The van der Waals surface area contributed by atoms with Gasteiger partial charge in [0.05, 0.1) is 22.1 Å². The first-order valence-corrected chi connectivity index (χ1v) is 8.86. The van der Waals surface area contributed by atoms with E-state index < -0.39 is 28.8 Å². The van der Waals surface area contributed by atoms with Crippen molar-refractivity contribution in [3.63, 3.8) is 0 Å². The van der Waals surface area contributed by atoms with Crippen LogP contribution in [0.5, 0.6) is 0 Å². The minimum absolute atomic E-state index is 0.0669. The zero-order valence-electron chi connectivity index (χ0n) is 15.2. The van der Waals surface area contributed by atoms with Crippen LogP contribution in [0.1, 0.15) is 46.2 Å². The molecule has 0 aromatic heterocycles. The Bertz CT molecular complexity index is 980. The number of hydrogen-bond donors (Lipinski definition) is 0. The average Bonchev–Trinajstić information content (AvgIpc) is 2.91. The Morgan fingerprint density at radius 2 is 1.43 bits per heavy atom. The molecule has 0 bridgehead atoms. The fourth-order valence-electron chi connectivity index (χ4n) is 3.92. The van der Waals surface area contributed by atoms with Crippen molar-refractivity contribution in [2.75, 3.05) is 0 Å². The molecule has 142 valence electrons. The lowest BCUT2D eigenvalue weighted by atomic mass is 9.85. The molecule has 0 saturated carbocycles.